The number of fused-ring (bicyclic) bond motifs is 1. The maximum Gasteiger partial charge on any atom is 0.168 e. The third-order valence-corrected chi connectivity index (χ3v) is 3.28. The average Bonchev–Trinajstić information content (AvgIpc) is 2.89. The zero-order valence-electron chi connectivity index (χ0n) is 12.2. The summed E-state index contributed by atoms with van der Waals surface area (Å²) in [6.45, 7) is 4.75. The number of aromatic nitrogens is 3. The molecule has 0 amide bonds. The van der Waals surface area contributed by atoms with E-state index in [1.807, 2.05) is 47.9 Å². The summed E-state index contributed by atoms with van der Waals surface area (Å²) in [6.07, 6.45) is 2.96. The molecule has 0 saturated carbocycles. The third-order valence-electron chi connectivity index (χ3n) is 3.28. The molecule has 108 valence electrons. The van der Waals surface area contributed by atoms with E-state index in [1.54, 1.807) is 0 Å². The van der Waals surface area contributed by atoms with Gasteiger partial charge in [-0.2, -0.15) is 0 Å². The van der Waals surface area contributed by atoms with Gasteiger partial charge in [-0.15, -0.1) is 10.2 Å². The van der Waals surface area contributed by atoms with Gasteiger partial charge in [-0.1, -0.05) is 13.0 Å². The van der Waals surface area contributed by atoms with E-state index in [1.165, 1.54) is 0 Å². The molecule has 2 aromatic heterocycles. The Bertz CT molecular complexity index is 779. The average molecular weight is 282 g/mol. The second-order valence-electron chi connectivity index (χ2n) is 5.06. The quantitative estimate of drug-likeness (QED) is 0.747. The zero-order chi connectivity index (χ0) is 14.8. The van der Waals surface area contributed by atoms with Gasteiger partial charge in [0.05, 0.1) is 12.3 Å². The minimum absolute atomic E-state index is 0.636. The number of rotatable bonds is 4. The summed E-state index contributed by atoms with van der Waals surface area (Å²) in [5, 5.41) is 8.47. The second-order valence-corrected chi connectivity index (χ2v) is 5.06. The molecule has 0 radical (unpaired) electrons. The number of nitrogens with zero attached hydrogens (tertiary/aromatic N) is 3. The normalized spacial score (nSPS) is 11.0. The van der Waals surface area contributed by atoms with Gasteiger partial charge < -0.3 is 10.5 Å². The van der Waals surface area contributed by atoms with Crippen molar-refractivity contribution >= 4 is 11.3 Å². The fourth-order valence-electron chi connectivity index (χ4n) is 2.20. The molecule has 21 heavy (non-hydrogen) atoms. The van der Waals surface area contributed by atoms with Gasteiger partial charge in [0.2, 0.25) is 0 Å². The maximum absolute atomic E-state index is 5.95. The van der Waals surface area contributed by atoms with Gasteiger partial charge >= 0.3 is 0 Å². The molecule has 2 N–H and O–H groups in total. The molecule has 0 fully saturated rings. The van der Waals surface area contributed by atoms with Gasteiger partial charge in [-0.05, 0) is 43.2 Å². The summed E-state index contributed by atoms with van der Waals surface area (Å²) >= 11 is 0. The number of ether oxygens (including phenoxy) is 1. The van der Waals surface area contributed by atoms with E-state index in [9.17, 15) is 0 Å². The van der Waals surface area contributed by atoms with Crippen LogP contribution in [-0.2, 0) is 0 Å². The highest BCUT2D eigenvalue weighted by molar-refractivity contribution is 5.67. The van der Waals surface area contributed by atoms with Crippen LogP contribution < -0.4 is 10.5 Å². The van der Waals surface area contributed by atoms with Gasteiger partial charge in [0, 0.05) is 11.8 Å². The standard InChI is InChI=1S/C16H18N4O/c1-3-8-21-14-9-12(5-6-13(14)17)16-19-18-15-7-4-11(2)10-20(15)16/h4-7,9-10H,3,8,17H2,1-2H3. The lowest BCUT2D eigenvalue weighted by Crippen LogP contribution is -2.00. The van der Waals surface area contributed by atoms with Gasteiger partial charge in [-0.3, -0.25) is 4.40 Å². The first-order valence-corrected chi connectivity index (χ1v) is 7.03. The van der Waals surface area contributed by atoms with Crippen LogP contribution in [0, 0.1) is 6.92 Å². The first-order valence-electron chi connectivity index (χ1n) is 7.03. The summed E-state index contributed by atoms with van der Waals surface area (Å²) in [5.74, 6) is 1.48. The fraction of sp³-hybridized carbons (Fsp3) is 0.250. The summed E-state index contributed by atoms with van der Waals surface area (Å²) in [7, 11) is 0. The molecule has 3 aromatic rings. The molecule has 0 atom stereocenters. The molecular weight excluding hydrogens is 264 g/mol. The van der Waals surface area contributed by atoms with E-state index in [4.69, 9.17) is 10.5 Å². The Hall–Kier alpha value is -2.56. The topological polar surface area (TPSA) is 65.4 Å². The van der Waals surface area contributed by atoms with Gasteiger partial charge in [0.25, 0.3) is 0 Å². The third kappa shape index (κ3) is 2.54. The lowest BCUT2D eigenvalue weighted by Gasteiger charge is -2.09. The van der Waals surface area contributed by atoms with Crippen molar-refractivity contribution in [1.82, 2.24) is 14.6 Å². The lowest BCUT2D eigenvalue weighted by molar-refractivity contribution is 0.319. The van der Waals surface area contributed by atoms with Crippen molar-refractivity contribution in [2.24, 2.45) is 0 Å². The van der Waals surface area contributed by atoms with Gasteiger partial charge in [0.1, 0.15) is 5.75 Å². The highest BCUT2D eigenvalue weighted by atomic mass is 16.5. The molecular formula is C16H18N4O. The molecule has 0 aliphatic rings. The summed E-state index contributed by atoms with van der Waals surface area (Å²) in [4.78, 5) is 0. The van der Waals surface area contributed by atoms with Crippen LogP contribution in [0.25, 0.3) is 17.0 Å². The predicted octanol–water partition coefficient (Wildman–Crippen LogP) is 3.08. The number of pyridine rings is 1. The van der Waals surface area contributed by atoms with Crippen molar-refractivity contribution in [3.05, 3.63) is 42.1 Å². The minimum Gasteiger partial charge on any atom is -0.491 e. The minimum atomic E-state index is 0.636. The molecule has 0 saturated heterocycles. The Kier molecular flexibility index (Phi) is 3.48. The summed E-state index contributed by atoms with van der Waals surface area (Å²) < 4.78 is 7.65. The summed E-state index contributed by atoms with van der Waals surface area (Å²) in [6, 6.07) is 9.68. The molecule has 5 nitrogen and oxygen atoms in total. The number of nitrogens with two attached hydrogens (primary N) is 1. The van der Waals surface area contributed by atoms with Crippen molar-refractivity contribution in [2.75, 3.05) is 12.3 Å². The molecule has 0 unspecified atom stereocenters. The molecule has 5 heteroatoms. The van der Waals surface area contributed by atoms with Crippen LogP contribution in [0.3, 0.4) is 0 Å². The van der Waals surface area contributed by atoms with E-state index in [-0.39, 0.29) is 0 Å². The molecule has 0 aliphatic heterocycles. The Labute approximate surface area is 123 Å². The number of hydrogen-bond acceptors (Lipinski definition) is 4. The SMILES string of the molecule is CCCOc1cc(-c2nnc3ccc(C)cn23)ccc1N. The van der Waals surface area contributed by atoms with Crippen LogP contribution in [0.5, 0.6) is 5.75 Å². The van der Waals surface area contributed by atoms with E-state index in [0.29, 0.717) is 18.0 Å². The second kappa shape index (κ2) is 5.44. The van der Waals surface area contributed by atoms with Crippen molar-refractivity contribution in [3.8, 4) is 17.1 Å². The first-order chi connectivity index (χ1) is 10.2. The van der Waals surface area contributed by atoms with Crippen molar-refractivity contribution in [1.29, 1.82) is 0 Å². The molecule has 1 aromatic carbocycles. The van der Waals surface area contributed by atoms with Gasteiger partial charge in [0.15, 0.2) is 11.5 Å². The van der Waals surface area contributed by atoms with E-state index in [0.717, 1.165) is 29.0 Å². The first kappa shape index (κ1) is 13.4. The van der Waals surface area contributed by atoms with Crippen molar-refractivity contribution < 1.29 is 4.74 Å². The molecule has 0 bridgehead atoms. The number of hydrogen-bond donors (Lipinski definition) is 1. The number of anilines is 1. The number of aryl methyl sites for hydroxylation is 1. The van der Waals surface area contributed by atoms with E-state index >= 15 is 0 Å². The Morgan fingerprint density at radius 3 is 2.86 bits per heavy atom. The maximum atomic E-state index is 5.95. The molecule has 0 aliphatic carbocycles. The fourth-order valence-corrected chi connectivity index (χ4v) is 2.20. The predicted molar refractivity (Wildman–Crippen MR) is 83.4 cm³/mol. The monoisotopic (exact) mass is 282 g/mol. The molecule has 3 rings (SSSR count). The van der Waals surface area contributed by atoms with Crippen LogP contribution in [0.4, 0.5) is 5.69 Å². The molecule has 0 spiro atoms. The Morgan fingerprint density at radius 1 is 1.19 bits per heavy atom. The lowest BCUT2D eigenvalue weighted by atomic mass is 10.1. The smallest absolute Gasteiger partial charge is 0.168 e. The highest BCUT2D eigenvalue weighted by Crippen LogP contribution is 2.28. The zero-order valence-corrected chi connectivity index (χ0v) is 12.2. The molecule has 2 heterocycles. The van der Waals surface area contributed by atoms with E-state index < -0.39 is 0 Å². The van der Waals surface area contributed by atoms with Crippen molar-refractivity contribution in [3.63, 3.8) is 0 Å². The van der Waals surface area contributed by atoms with Crippen molar-refractivity contribution in [2.45, 2.75) is 20.3 Å². The van der Waals surface area contributed by atoms with Crippen LogP contribution in [0.15, 0.2) is 36.5 Å². The Balaban J connectivity index is 2.08. The highest BCUT2D eigenvalue weighted by Gasteiger charge is 2.10. The van der Waals surface area contributed by atoms with Crippen LogP contribution >= 0.6 is 0 Å². The number of benzene rings is 1. The van der Waals surface area contributed by atoms with Crippen LogP contribution in [0.1, 0.15) is 18.9 Å². The number of nitrogen functional groups attached to an aromatic ring is 1. The Morgan fingerprint density at radius 2 is 2.05 bits per heavy atom. The summed E-state index contributed by atoms with van der Waals surface area (Å²) in [5.41, 5.74) is 9.50. The van der Waals surface area contributed by atoms with Crippen LogP contribution in [0.2, 0.25) is 0 Å². The van der Waals surface area contributed by atoms with E-state index in [2.05, 4.69) is 17.1 Å². The van der Waals surface area contributed by atoms with Gasteiger partial charge in [-0.25, -0.2) is 0 Å². The van der Waals surface area contributed by atoms with Crippen LogP contribution in [-0.4, -0.2) is 21.2 Å². The largest absolute Gasteiger partial charge is 0.491 e.